The number of rotatable bonds is 4. The van der Waals surface area contributed by atoms with Crippen LogP contribution in [0.3, 0.4) is 0 Å². The Hall–Kier alpha value is -2.72. The Morgan fingerprint density at radius 2 is 2.10 bits per heavy atom. The average Bonchev–Trinajstić information content (AvgIpc) is 3.02. The first-order valence-corrected chi connectivity index (χ1v) is 7.16. The highest BCUT2D eigenvalue weighted by atomic mass is 32.2. The smallest absolute Gasteiger partial charge is 0.214 e. The van der Waals surface area contributed by atoms with Crippen molar-refractivity contribution in [2.45, 2.75) is 10.9 Å². The molecule has 2 aromatic heterocycles. The number of benzene rings is 1. The van der Waals surface area contributed by atoms with Crippen molar-refractivity contribution in [3.05, 3.63) is 59.9 Å². The van der Waals surface area contributed by atoms with E-state index in [1.165, 1.54) is 11.8 Å². The van der Waals surface area contributed by atoms with Crippen LogP contribution in [0.4, 0.5) is 0 Å². The number of nitriles is 1. The zero-order valence-corrected chi connectivity index (χ0v) is 11.7. The van der Waals surface area contributed by atoms with Gasteiger partial charge in [-0.1, -0.05) is 30.0 Å². The fourth-order valence-electron chi connectivity index (χ4n) is 1.81. The SMILES string of the molecule is N#Cc1ccccc1CSc1nnnn1-c1cccnc1. The quantitative estimate of drug-likeness (QED) is 0.686. The predicted molar refractivity (Wildman–Crippen MR) is 77.7 cm³/mol. The molecule has 6 nitrogen and oxygen atoms in total. The van der Waals surface area contributed by atoms with Crippen molar-refractivity contribution in [3.8, 4) is 11.8 Å². The van der Waals surface area contributed by atoms with Gasteiger partial charge in [-0.3, -0.25) is 4.98 Å². The van der Waals surface area contributed by atoms with Gasteiger partial charge in [-0.25, -0.2) is 0 Å². The molecular weight excluding hydrogens is 284 g/mol. The van der Waals surface area contributed by atoms with Crippen LogP contribution in [0.25, 0.3) is 5.69 Å². The lowest BCUT2D eigenvalue weighted by molar-refractivity contribution is 0.753. The van der Waals surface area contributed by atoms with Gasteiger partial charge in [0.15, 0.2) is 0 Å². The summed E-state index contributed by atoms with van der Waals surface area (Å²) in [6.45, 7) is 0. The van der Waals surface area contributed by atoms with Crippen molar-refractivity contribution in [1.82, 2.24) is 25.2 Å². The highest BCUT2D eigenvalue weighted by molar-refractivity contribution is 7.98. The van der Waals surface area contributed by atoms with Crippen molar-refractivity contribution in [1.29, 1.82) is 5.26 Å². The molecule has 0 bridgehead atoms. The van der Waals surface area contributed by atoms with Crippen LogP contribution in [0.5, 0.6) is 0 Å². The molecule has 7 heteroatoms. The lowest BCUT2D eigenvalue weighted by Crippen LogP contribution is -1.99. The minimum absolute atomic E-state index is 0.629. The molecule has 2 heterocycles. The van der Waals surface area contributed by atoms with Gasteiger partial charge in [0.1, 0.15) is 0 Å². The molecule has 0 unspecified atom stereocenters. The van der Waals surface area contributed by atoms with E-state index in [1.807, 2.05) is 30.3 Å². The number of hydrogen-bond acceptors (Lipinski definition) is 6. The maximum Gasteiger partial charge on any atom is 0.214 e. The second-order valence-electron chi connectivity index (χ2n) is 4.14. The maximum absolute atomic E-state index is 9.10. The van der Waals surface area contributed by atoms with Crippen LogP contribution in [0.1, 0.15) is 11.1 Å². The van der Waals surface area contributed by atoms with Crippen molar-refractivity contribution in [2.24, 2.45) is 0 Å². The van der Waals surface area contributed by atoms with Crippen LogP contribution in [0, 0.1) is 11.3 Å². The molecule has 3 rings (SSSR count). The van der Waals surface area contributed by atoms with E-state index in [0.717, 1.165) is 11.3 Å². The molecule has 1 aromatic carbocycles. The molecule has 0 amide bonds. The summed E-state index contributed by atoms with van der Waals surface area (Å²) in [6, 6.07) is 13.4. The number of tetrazole rings is 1. The van der Waals surface area contributed by atoms with Crippen LogP contribution >= 0.6 is 11.8 Å². The normalized spacial score (nSPS) is 10.2. The second-order valence-corrected chi connectivity index (χ2v) is 5.08. The van der Waals surface area contributed by atoms with E-state index in [0.29, 0.717) is 16.5 Å². The summed E-state index contributed by atoms with van der Waals surface area (Å²) in [4.78, 5) is 4.06. The predicted octanol–water partition coefficient (Wildman–Crippen LogP) is 2.22. The molecule has 0 saturated heterocycles. The van der Waals surface area contributed by atoms with Gasteiger partial charge < -0.3 is 0 Å². The monoisotopic (exact) mass is 294 g/mol. The van der Waals surface area contributed by atoms with E-state index < -0.39 is 0 Å². The van der Waals surface area contributed by atoms with Gasteiger partial charge in [0, 0.05) is 11.9 Å². The van der Waals surface area contributed by atoms with Crippen molar-refractivity contribution in [2.75, 3.05) is 0 Å². The molecule has 0 radical (unpaired) electrons. The van der Waals surface area contributed by atoms with Crippen LogP contribution in [0.15, 0.2) is 53.9 Å². The topological polar surface area (TPSA) is 80.3 Å². The Kier molecular flexibility index (Phi) is 3.89. The largest absolute Gasteiger partial charge is 0.262 e. The molecule has 0 saturated carbocycles. The van der Waals surface area contributed by atoms with Gasteiger partial charge in [0.25, 0.3) is 0 Å². The third-order valence-corrected chi connectivity index (χ3v) is 3.79. The highest BCUT2D eigenvalue weighted by Crippen LogP contribution is 2.23. The molecule has 102 valence electrons. The summed E-state index contributed by atoms with van der Waals surface area (Å²) < 4.78 is 1.63. The summed E-state index contributed by atoms with van der Waals surface area (Å²) >= 11 is 1.48. The Morgan fingerprint density at radius 1 is 1.19 bits per heavy atom. The zero-order chi connectivity index (χ0) is 14.5. The van der Waals surface area contributed by atoms with Gasteiger partial charge >= 0.3 is 0 Å². The van der Waals surface area contributed by atoms with Crippen molar-refractivity contribution < 1.29 is 0 Å². The minimum Gasteiger partial charge on any atom is -0.262 e. The first-order valence-electron chi connectivity index (χ1n) is 6.18. The van der Waals surface area contributed by atoms with Gasteiger partial charge in [0.05, 0.1) is 23.5 Å². The standard InChI is InChI=1S/C14H10N6S/c15-8-11-4-1-2-5-12(11)10-21-14-17-18-19-20(14)13-6-3-7-16-9-13/h1-7,9H,10H2. The second kappa shape index (κ2) is 6.15. The number of thioether (sulfide) groups is 1. The zero-order valence-electron chi connectivity index (χ0n) is 10.9. The molecule has 21 heavy (non-hydrogen) atoms. The van der Waals surface area contributed by atoms with E-state index in [4.69, 9.17) is 5.26 Å². The highest BCUT2D eigenvalue weighted by Gasteiger charge is 2.10. The fourth-order valence-corrected chi connectivity index (χ4v) is 2.70. The lowest BCUT2D eigenvalue weighted by atomic mass is 10.1. The Labute approximate surface area is 125 Å². The molecular formula is C14H10N6S. The Bertz CT molecular complexity index is 777. The van der Waals surface area contributed by atoms with E-state index in [9.17, 15) is 0 Å². The molecule has 0 aliphatic carbocycles. The van der Waals surface area contributed by atoms with Gasteiger partial charge in [-0.15, -0.1) is 5.10 Å². The third kappa shape index (κ3) is 2.90. The number of hydrogen-bond donors (Lipinski definition) is 0. The average molecular weight is 294 g/mol. The van der Waals surface area contributed by atoms with E-state index >= 15 is 0 Å². The molecule has 0 spiro atoms. The minimum atomic E-state index is 0.629. The Balaban J connectivity index is 1.81. The summed E-state index contributed by atoms with van der Waals surface area (Å²) in [7, 11) is 0. The van der Waals surface area contributed by atoms with E-state index in [1.54, 1.807) is 23.1 Å². The van der Waals surface area contributed by atoms with Crippen LogP contribution in [0.2, 0.25) is 0 Å². The maximum atomic E-state index is 9.10. The molecule has 0 fully saturated rings. The van der Waals surface area contributed by atoms with Gasteiger partial charge in [-0.05, 0) is 34.2 Å². The van der Waals surface area contributed by atoms with Crippen LogP contribution in [-0.2, 0) is 5.75 Å². The molecule has 0 N–H and O–H groups in total. The van der Waals surface area contributed by atoms with E-state index in [2.05, 4.69) is 26.6 Å². The van der Waals surface area contributed by atoms with Gasteiger partial charge in [-0.2, -0.15) is 9.94 Å². The fraction of sp³-hybridized carbons (Fsp3) is 0.0714. The summed E-state index contributed by atoms with van der Waals surface area (Å²) in [5, 5.41) is 21.4. The third-order valence-electron chi connectivity index (χ3n) is 2.83. The summed E-state index contributed by atoms with van der Waals surface area (Å²) in [5.74, 6) is 0.629. The summed E-state index contributed by atoms with van der Waals surface area (Å²) in [5.41, 5.74) is 2.44. The molecule has 0 aliphatic heterocycles. The lowest BCUT2D eigenvalue weighted by Gasteiger charge is -2.04. The molecule has 0 atom stereocenters. The number of nitrogens with zero attached hydrogens (tertiary/aromatic N) is 6. The number of aromatic nitrogens is 5. The first-order chi connectivity index (χ1) is 10.4. The first kappa shape index (κ1) is 13.3. The molecule has 3 aromatic rings. The van der Waals surface area contributed by atoms with Crippen LogP contribution < -0.4 is 0 Å². The number of pyridine rings is 1. The van der Waals surface area contributed by atoms with Crippen LogP contribution in [-0.4, -0.2) is 25.2 Å². The van der Waals surface area contributed by atoms with E-state index in [-0.39, 0.29) is 0 Å². The van der Waals surface area contributed by atoms with Crippen molar-refractivity contribution in [3.63, 3.8) is 0 Å². The van der Waals surface area contributed by atoms with Gasteiger partial charge in [0.2, 0.25) is 5.16 Å². The Morgan fingerprint density at radius 3 is 2.90 bits per heavy atom. The van der Waals surface area contributed by atoms with Crippen molar-refractivity contribution >= 4 is 11.8 Å². The summed E-state index contributed by atoms with van der Waals surface area (Å²) in [6.07, 6.45) is 3.40. The molecule has 0 aliphatic rings.